The molecule has 2 saturated carbocycles. The largest absolute Gasteiger partial charge is 0.236 e. The molecule has 4 rings (SSSR count). The van der Waals surface area contributed by atoms with E-state index in [2.05, 4.69) is 56.6 Å². The molecule has 0 spiro atoms. The molecule has 2 aliphatic rings. The first-order valence-electron chi connectivity index (χ1n) is 17.0. The zero-order valence-electron chi connectivity index (χ0n) is 25.7. The molecule has 40 heavy (non-hydrogen) atoms. The first-order valence-corrected chi connectivity index (χ1v) is 17.0. The Hall–Kier alpha value is -2.21. The van der Waals surface area contributed by atoms with Crippen molar-refractivity contribution >= 4 is 0 Å². The molecule has 0 atom stereocenters. The van der Waals surface area contributed by atoms with Crippen molar-refractivity contribution in [2.75, 3.05) is 0 Å². The fraction of sp³-hybridized carbons (Fsp3) is 0.703. The van der Waals surface area contributed by atoms with Gasteiger partial charge in [-0.2, -0.15) is 5.26 Å². The van der Waals surface area contributed by atoms with Gasteiger partial charge in [-0.25, -0.2) is 9.97 Å². The highest BCUT2D eigenvalue weighted by Crippen LogP contribution is 2.46. The number of rotatable bonds is 15. The molecule has 0 bridgehead atoms. The van der Waals surface area contributed by atoms with E-state index < -0.39 is 0 Å². The van der Waals surface area contributed by atoms with Crippen LogP contribution in [0.1, 0.15) is 165 Å². The zero-order valence-corrected chi connectivity index (χ0v) is 25.7. The van der Waals surface area contributed by atoms with E-state index in [1.807, 2.05) is 0 Å². The lowest BCUT2D eigenvalue weighted by Gasteiger charge is -2.35. The van der Waals surface area contributed by atoms with E-state index >= 15 is 0 Å². The second-order valence-electron chi connectivity index (χ2n) is 13.2. The van der Waals surface area contributed by atoms with Crippen molar-refractivity contribution in [3.05, 3.63) is 47.8 Å². The van der Waals surface area contributed by atoms with Gasteiger partial charge in [0.2, 0.25) is 0 Å². The molecule has 2 aromatic rings. The highest BCUT2D eigenvalue weighted by molar-refractivity contribution is 5.55. The van der Waals surface area contributed by atoms with Gasteiger partial charge in [0.1, 0.15) is 0 Å². The molecule has 0 unspecified atom stereocenters. The van der Waals surface area contributed by atoms with Gasteiger partial charge in [0.25, 0.3) is 0 Å². The molecular weight excluding hydrogens is 486 g/mol. The Morgan fingerprint density at radius 1 is 0.700 bits per heavy atom. The molecule has 2 aliphatic carbocycles. The number of aromatic nitrogens is 2. The lowest BCUT2D eigenvalue weighted by Crippen LogP contribution is -2.25. The summed E-state index contributed by atoms with van der Waals surface area (Å²) in [5.41, 5.74) is 3.77. The van der Waals surface area contributed by atoms with Crippen LogP contribution in [0.25, 0.3) is 11.4 Å². The van der Waals surface area contributed by atoms with Gasteiger partial charge in [-0.1, -0.05) is 109 Å². The van der Waals surface area contributed by atoms with Crippen molar-refractivity contribution in [3.8, 4) is 17.5 Å². The Bertz CT molecular complexity index is 1000. The van der Waals surface area contributed by atoms with Crippen molar-refractivity contribution < 1.29 is 0 Å². The van der Waals surface area contributed by atoms with Gasteiger partial charge >= 0.3 is 0 Å². The Kier molecular flexibility index (Phi) is 12.5. The lowest BCUT2D eigenvalue weighted by molar-refractivity contribution is 0.223. The summed E-state index contributed by atoms with van der Waals surface area (Å²) in [6.07, 6.45) is 29.9. The van der Waals surface area contributed by atoms with Crippen LogP contribution < -0.4 is 0 Å². The van der Waals surface area contributed by atoms with Crippen LogP contribution in [0.5, 0.6) is 0 Å². The quantitative estimate of drug-likeness (QED) is 0.211. The van der Waals surface area contributed by atoms with Gasteiger partial charge in [0.15, 0.2) is 5.82 Å². The maximum Gasteiger partial charge on any atom is 0.159 e. The second kappa shape index (κ2) is 16.3. The first kappa shape index (κ1) is 30.7. The first-order chi connectivity index (χ1) is 19.7. The summed E-state index contributed by atoms with van der Waals surface area (Å²) in [5, 5.41) is 9.93. The van der Waals surface area contributed by atoms with Crippen LogP contribution in [0.3, 0.4) is 0 Å². The van der Waals surface area contributed by atoms with Crippen LogP contribution in [0, 0.1) is 22.7 Å². The fourth-order valence-corrected chi connectivity index (χ4v) is 7.41. The standard InChI is InChI=1S/C37H55N3/c1-3-5-7-9-10-11-13-30-14-16-32(17-15-30)35-27-39-36(40-28-35)34-20-18-31(19-21-34)33-22-25-37(29-38,26-23-33)24-12-8-6-4-2/h18-21,27-28,30,32-33H,3-17,22-26H2,1-2H3/t30-,32-,33-,37-. The van der Waals surface area contributed by atoms with E-state index in [1.165, 1.54) is 107 Å². The minimum atomic E-state index is -0.0765. The Labute approximate surface area is 245 Å². The van der Waals surface area contributed by atoms with Gasteiger partial charge in [0.05, 0.1) is 11.5 Å². The number of nitrogens with zero attached hydrogens (tertiary/aromatic N) is 3. The summed E-state index contributed by atoms with van der Waals surface area (Å²) in [7, 11) is 0. The molecule has 1 aromatic heterocycles. The Balaban J connectivity index is 1.21. The van der Waals surface area contributed by atoms with E-state index in [-0.39, 0.29) is 5.41 Å². The summed E-state index contributed by atoms with van der Waals surface area (Å²) in [6, 6.07) is 11.7. The average Bonchev–Trinajstić information content (AvgIpc) is 3.02. The van der Waals surface area contributed by atoms with Crippen LogP contribution in [-0.4, -0.2) is 9.97 Å². The highest BCUT2D eigenvalue weighted by atomic mass is 14.9. The molecule has 0 aliphatic heterocycles. The van der Waals surface area contributed by atoms with Crippen molar-refractivity contribution in [1.29, 1.82) is 5.26 Å². The van der Waals surface area contributed by atoms with Gasteiger partial charge in [-0.05, 0) is 86.7 Å². The molecule has 3 nitrogen and oxygen atoms in total. The third-order valence-corrected chi connectivity index (χ3v) is 10.3. The number of hydrogen-bond acceptors (Lipinski definition) is 3. The van der Waals surface area contributed by atoms with Crippen molar-refractivity contribution in [3.63, 3.8) is 0 Å². The smallest absolute Gasteiger partial charge is 0.159 e. The molecule has 0 radical (unpaired) electrons. The third kappa shape index (κ3) is 8.89. The van der Waals surface area contributed by atoms with E-state index in [9.17, 15) is 5.26 Å². The molecule has 2 fully saturated rings. The maximum absolute atomic E-state index is 9.93. The van der Waals surface area contributed by atoms with Crippen molar-refractivity contribution in [2.24, 2.45) is 11.3 Å². The van der Waals surface area contributed by atoms with Crippen LogP contribution in [0.15, 0.2) is 36.7 Å². The summed E-state index contributed by atoms with van der Waals surface area (Å²) in [6.45, 7) is 4.55. The van der Waals surface area contributed by atoms with Gasteiger partial charge < -0.3 is 0 Å². The number of hydrogen-bond donors (Lipinski definition) is 0. The average molecular weight is 542 g/mol. The number of benzene rings is 1. The molecule has 1 heterocycles. The van der Waals surface area contributed by atoms with Crippen molar-refractivity contribution in [2.45, 2.75) is 154 Å². The number of unbranched alkanes of at least 4 members (excludes halogenated alkanes) is 8. The summed E-state index contributed by atoms with van der Waals surface area (Å²) >= 11 is 0. The topological polar surface area (TPSA) is 49.6 Å². The maximum atomic E-state index is 9.93. The normalized spacial score (nSPS) is 25.0. The van der Waals surface area contributed by atoms with E-state index in [1.54, 1.807) is 0 Å². The molecule has 0 amide bonds. The summed E-state index contributed by atoms with van der Waals surface area (Å²) in [4.78, 5) is 9.59. The van der Waals surface area contributed by atoms with Gasteiger partial charge in [0, 0.05) is 18.0 Å². The van der Waals surface area contributed by atoms with Crippen LogP contribution in [0.2, 0.25) is 0 Å². The predicted octanol–water partition coefficient (Wildman–Crippen LogP) is 11.3. The summed E-state index contributed by atoms with van der Waals surface area (Å²) < 4.78 is 0. The van der Waals surface area contributed by atoms with Crippen LogP contribution in [-0.2, 0) is 0 Å². The minimum absolute atomic E-state index is 0.0765. The number of nitriles is 1. The van der Waals surface area contributed by atoms with Crippen LogP contribution in [0.4, 0.5) is 0 Å². The Morgan fingerprint density at radius 3 is 1.90 bits per heavy atom. The monoisotopic (exact) mass is 541 g/mol. The third-order valence-electron chi connectivity index (χ3n) is 10.3. The van der Waals surface area contributed by atoms with Gasteiger partial charge in [-0.3, -0.25) is 0 Å². The zero-order chi connectivity index (χ0) is 28.0. The SMILES string of the molecule is CCCCCCCC[C@H]1CC[C@H](c2cnc(-c3ccc([C@H]4CC[C@@](C#N)(CCCCCC)CC4)cc3)nc2)CC1. The van der Waals surface area contributed by atoms with Gasteiger partial charge in [-0.15, -0.1) is 0 Å². The summed E-state index contributed by atoms with van der Waals surface area (Å²) in [5.74, 6) is 2.99. The second-order valence-corrected chi connectivity index (χ2v) is 13.2. The molecule has 1 aromatic carbocycles. The molecular formula is C37H55N3. The fourth-order valence-electron chi connectivity index (χ4n) is 7.41. The lowest BCUT2D eigenvalue weighted by atomic mass is 9.67. The predicted molar refractivity (Wildman–Crippen MR) is 168 cm³/mol. The molecule has 3 heteroatoms. The van der Waals surface area contributed by atoms with E-state index in [0.29, 0.717) is 11.8 Å². The Morgan fingerprint density at radius 2 is 1.27 bits per heavy atom. The molecule has 0 N–H and O–H groups in total. The molecule has 218 valence electrons. The van der Waals surface area contributed by atoms with E-state index in [0.717, 1.165) is 49.4 Å². The highest BCUT2D eigenvalue weighted by Gasteiger charge is 2.35. The van der Waals surface area contributed by atoms with Crippen molar-refractivity contribution in [1.82, 2.24) is 9.97 Å². The molecule has 0 saturated heterocycles. The van der Waals surface area contributed by atoms with Crippen LogP contribution >= 0.6 is 0 Å². The minimum Gasteiger partial charge on any atom is -0.236 e. The van der Waals surface area contributed by atoms with E-state index in [4.69, 9.17) is 9.97 Å².